The summed E-state index contributed by atoms with van der Waals surface area (Å²) in [4.78, 5) is 23.3. The SMILES string of the molecule is CCCCCC(O)c1ccc(C2C(=O)CCCC2CCCCCCC(=O)O)cc1. The number of unbranched alkanes of at least 4 members (excludes halogenated alkanes) is 5. The molecule has 0 bridgehead atoms. The van der Waals surface area contributed by atoms with Crippen LogP contribution in [0.2, 0.25) is 0 Å². The molecule has 4 nitrogen and oxygen atoms in total. The zero-order valence-corrected chi connectivity index (χ0v) is 17.9. The van der Waals surface area contributed by atoms with Crippen molar-refractivity contribution in [1.82, 2.24) is 0 Å². The Morgan fingerprint density at radius 1 is 1.07 bits per heavy atom. The third-order valence-corrected chi connectivity index (χ3v) is 6.29. The minimum Gasteiger partial charge on any atom is -0.481 e. The Bertz CT molecular complexity index is 622. The molecule has 0 aromatic heterocycles. The molecule has 0 saturated heterocycles. The van der Waals surface area contributed by atoms with Gasteiger partial charge in [0.15, 0.2) is 0 Å². The van der Waals surface area contributed by atoms with E-state index >= 15 is 0 Å². The molecule has 1 aromatic rings. The molecule has 1 aliphatic rings. The van der Waals surface area contributed by atoms with Gasteiger partial charge >= 0.3 is 5.97 Å². The lowest BCUT2D eigenvalue weighted by molar-refractivity contribution is -0.137. The number of benzene rings is 1. The molecular weight excluding hydrogens is 364 g/mol. The number of rotatable bonds is 13. The van der Waals surface area contributed by atoms with E-state index in [1.165, 1.54) is 0 Å². The summed E-state index contributed by atoms with van der Waals surface area (Å²) in [6.07, 6.45) is 11.5. The monoisotopic (exact) mass is 402 g/mol. The maximum atomic E-state index is 12.7. The highest BCUT2D eigenvalue weighted by molar-refractivity contribution is 5.86. The van der Waals surface area contributed by atoms with Gasteiger partial charge in [0.25, 0.3) is 0 Å². The van der Waals surface area contributed by atoms with Crippen LogP contribution >= 0.6 is 0 Å². The van der Waals surface area contributed by atoms with Gasteiger partial charge in [0.2, 0.25) is 0 Å². The molecule has 0 heterocycles. The second kappa shape index (κ2) is 12.8. The molecule has 3 atom stereocenters. The maximum Gasteiger partial charge on any atom is 0.303 e. The first-order valence-electron chi connectivity index (χ1n) is 11.5. The van der Waals surface area contributed by atoms with Crippen LogP contribution in [0, 0.1) is 5.92 Å². The molecule has 0 spiro atoms. The summed E-state index contributed by atoms with van der Waals surface area (Å²) in [5.41, 5.74) is 2.04. The first-order chi connectivity index (χ1) is 14.0. The van der Waals surface area contributed by atoms with E-state index in [1.54, 1.807) is 0 Å². The molecular formula is C25H38O4. The molecule has 1 saturated carbocycles. The summed E-state index contributed by atoms with van der Waals surface area (Å²) in [5, 5.41) is 19.1. The van der Waals surface area contributed by atoms with Crippen LogP contribution in [0.5, 0.6) is 0 Å². The number of Topliss-reactive ketones (excluding diaryl/α,β-unsaturated/α-hetero) is 1. The van der Waals surface area contributed by atoms with Crippen molar-refractivity contribution >= 4 is 11.8 Å². The van der Waals surface area contributed by atoms with Gasteiger partial charge in [0, 0.05) is 18.8 Å². The fraction of sp³-hybridized carbons (Fsp3) is 0.680. The number of ketones is 1. The van der Waals surface area contributed by atoms with Crippen molar-refractivity contribution in [3.63, 3.8) is 0 Å². The second-order valence-corrected chi connectivity index (χ2v) is 8.62. The summed E-state index contributed by atoms with van der Waals surface area (Å²) < 4.78 is 0. The third-order valence-electron chi connectivity index (χ3n) is 6.29. The van der Waals surface area contributed by atoms with Crippen molar-refractivity contribution in [2.24, 2.45) is 5.92 Å². The molecule has 4 heteroatoms. The van der Waals surface area contributed by atoms with Crippen LogP contribution in [0.25, 0.3) is 0 Å². The molecule has 3 unspecified atom stereocenters. The molecule has 2 rings (SSSR count). The van der Waals surface area contributed by atoms with Gasteiger partial charge in [-0.2, -0.15) is 0 Å². The Hall–Kier alpha value is -1.68. The fourth-order valence-corrected chi connectivity index (χ4v) is 4.61. The summed E-state index contributed by atoms with van der Waals surface area (Å²) in [6.45, 7) is 2.16. The lowest BCUT2D eigenvalue weighted by atomic mass is 9.72. The van der Waals surface area contributed by atoms with E-state index in [0.29, 0.717) is 18.1 Å². The fourth-order valence-electron chi connectivity index (χ4n) is 4.61. The molecule has 1 aliphatic carbocycles. The summed E-state index contributed by atoms with van der Waals surface area (Å²) in [5.74, 6) is -0.00431. The van der Waals surface area contributed by atoms with Crippen molar-refractivity contribution < 1.29 is 19.8 Å². The first kappa shape index (κ1) is 23.6. The minimum absolute atomic E-state index is 0.0194. The van der Waals surface area contributed by atoms with Gasteiger partial charge in [-0.15, -0.1) is 0 Å². The predicted molar refractivity (Wildman–Crippen MR) is 116 cm³/mol. The smallest absolute Gasteiger partial charge is 0.303 e. The number of carboxylic acids is 1. The van der Waals surface area contributed by atoms with E-state index in [9.17, 15) is 14.7 Å². The van der Waals surface area contributed by atoms with Crippen molar-refractivity contribution in [1.29, 1.82) is 0 Å². The number of carbonyl (C=O) groups is 2. The number of aliphatic hydroxyl groups is 1. The van der Waals surface area contributed by atoms with Gasteiger partial charge in [-0.25, -0.2) is 0 Å². The van der Waals surface area contributed by atoms with E-state index in [4.69, 9.17) is 5.11 Å². The highest BCUT2D eigenvalue weighted by atomic mass is 16.4. The van der Waals surface area contributed by atoms with E-state index < -0.39 is 12.1 Å². The van der Waals surface area contributed by atoms with Gasteiger partial charge in [0.1, 0.15) is 5.78 Å². The Balaban J connectivity index is 1.90. The van der Waals surface area contributed by atoms with Crippen molar-refractivity contribution in [3.8, 4) is 0 Å². The summed E-state index contributed by atoms with van der Waals surface area (Å²) in [7, 11) is 0. The van der Waals surface area contributed by atoms with Crippen LogP contribution in [0.4, 0.5) is 0 Å². The minimum atomic E-state index is -0.720. The van der Waals surface area contributed by atoms with Crippen molar-refractivity contribution in [3.05, 3.63) is 35.4 Å². The number of hydrogen-bond acceptors (Lipinski definition) is 3. The molecule has 162 valence electrons. The number of hydrogen-bond donors (Lipinski definition) is 2. The predicted octanol–water partition coefficient (Wildman–Crippen LogP) is 6.18. The van der Waals surface area contributed by atoms with E-state index in [-0.39, 0.29) is 12.3 Å². The van der Waals surface area contributed by atoms with Crippen LogP contribution in [-0.2, 0) is 9.59 Å². The van der Waals surface area contributed by atoms with Gasteiger partial charge in [-0.3, -0.25) is 9.59 Å². The van der Waals surface area contributed by atoms with Gasteiger partial charge in [-0.1, -0.05) is 69.7 Å². The van der Waals surface area contributed by atoms with E-state index in [0.717, 1.165) is 81.8 Å². The lowest BCUT2D eigenvalue weighted by Crippen LogP contribution is -2.26. The standard InChI is InChI=1S/C25H38O4/c1-2-3-6-12-22(26)19-15-17-21(18-16-19)25-20(11-9-13-23(25)27)10-7-4-5-8-14-24(28)29/h15-18,20,22,25-26H,2-14H2,1H3,(H,28,29). The third kappa shape index (κ3) is 7.93. The Labute approximate surface area is 175 Å². The van der Waals surface area contributed by atoms with E-state index in [2.05, 4.69) is 6.92 Å². The quantitative estimate of drug-likeness (QED) is 0.386. The van der Waals surface area contributed by atoms with Gasteiger partial charge in [0.05, 0.1) is 6.10 Å². The van der Waals surface area contributed by atoms with Crippen LogP contribution < -0.4 is 0 Å². The largest absolute Gasteiger partial charge is 0.481 e. The van der Waals surface area contributed by atoms with Gasteiger partial charge < -0.3 is 10.2 Å². The number of carbonyl (C=O) groups excluding carboxylic acids is 1. The number of carboxylic acid groups (broad SMARTS) is 1. The highest BCUT2D eigenvalue weighted by Gasteiger charge is 2.32. The zero-order chi connectivity index (χ0) is 21.1. The highest BCUT2D eigenvalue weighted by Crippen LogP contribution is 2.39. The molecule has 0 radical (unpaired) electrons. The van der Waals surface area contributed by atoms with Crippen molar-refractivity contribution in [2.45, 2.75) is 102 Å². The molecule has 1 aromatic carbocycles. The number of aliphatic carboxylic acids is 1. The molecule has 0 amide bonds. The van der Waals surface area contributed by atoms with E-state index in [1.807, 2.05) is 24.3 Å². The second-order valence-electron chi connectivity index (χ2n) is 8.62. The molecule has 0 aliphatic heterocycles. The summed E-state index contributed by atoms with van der Waals surface area (Å²) in [6, 6.07) is 8.09. The normalized spacial score (nSPS) is 20.6. The van der Waals surface area contributed by atoms with Crippen LogP contribution in [0.1, 0.15) is 114 Å². The topological polar surface area (TPSA) is 74.6 Å². The maximum absolute atomic E-state index is 12.7. The Morgan fingerprint density at radius 2 is 1.79 bits per heavy atom. The molecule has 29 heavy (non-hydrogen) atoms. The van der Waals surface area contributed by atoms with Crippen LogP contribution in [0.15, 0.2) is 24.3 Å². The van der Waals surface area contributed by atoms with Gasteiger partial charge in [-0.05, 0) is 49.1 Å². The average Bonchev–Trinajstić information content (AvgIpc) is 2.71. The lowest BCUT2D eigenvalue weighted by Gasteiger charge is -2.31. The Kier molecular flexibility index (Phi) is 10.4. The van der Waals surface area contributed by atoms with Crippen LogP contribution in [-0.4, -0.2) is 22.0 Å². The average molecular weight is 403 g/mol. The molecule has 2 N–H and O–H groups in total. The zero-order valence-electron chi connectivity index (χ0n) is 17.9. The summed E-state index contributed by atoms with van der Waals surface area (Å²) >= 11 is 0. The first-order valence-corrected chi connectivity index (χ1v) is 11.5. The molecule has 1 fully saturated rings. The number of aliphatic hydroxyl groups excluding tert-OH is 1. The van der Waals surface area contributed by atoms with Crippen LogP contribution in [0.3, 0.4) is 0 Å². The Morgan fingerprint density at radius 3 is 2.48 bits per heavy atom. The van der Waals surface area contributed by atoms with Crippen molar-refractivity contribution in [2.75, 3.05) is 0 Å².